The van der Waals surface area contributed by atoms with E-state index in [1.54, 1.807) is 6.92 Å². The Morgan fingerprint density at radius 2 is 2.16 bits per heavy atom. The average molecular weight is 418 g/mol. The van der Waals surface area contributed by atoms with E-state index in [0.717, 1.165) is 6.07 Å². The molecular formula is C16H15BrF3N3O2. The van der Waals surface area contributed by atoms with E-state index in [1.807, 2.05) is 6.07 Å². The van der Waals surface area contributed by atoms with E-state index < -0.39 is 23.4 Å². The highest BCUT2D eigenvalue weighted by molar-refractivity contribution is 9.09. The van der Waals surface area contributed by atoms with Crippen LogP contribution in [0.4, 0.5) is 13.2 Å². The molecule has 0 amide bonds. The van der Waals surface area contributed by atoms with Gasteiger partial charge in [0.25, 0.3) is 0 Å². The van der Waals surface area contributed by atoms with Crippen LogP contribution in [-0.4, -0.2) is 32.2 Å². The van der Waals surface area contributed by atoms with E-state index in [4.69, 9.17) is 4.74 Å². The van der Waals surface area contributed by atoms with Crippen LogP contribution in [-0.2, 0) is 6.18 Å². The maximum Gasteiger partial charge on any atom is 0.418 e. The quantitative estimate of drug-likeness (QED) is 0.768. The molecule has 0 aliphatic heterocycles. The molecule has 134 valence electrons. The fourth-order valence-corrected chi connectivity index (χ4v) is 3.40. The van der Waals surface area contributed by atoms with Crippen LogP contribution in [0.2, 0.25) is 0 Å². The van der Waals surface area contributed by atoms with Crippen molar-refractivity contribution in [2.75, 3.05) is 11.9 Å². The molecule has 0 saturated heterocycles. The van der Waals surface area contributed by atoms with E-state index in [9.17, 15) is 23.5 Å². The highest BCUT2D eigenvalue weighted by atomic mass is 79.9. The Labute approximate surface area is 150 Å². The van der Waals surface area contributed by atoms with Crippen LogP contribution in [0, 0.1) is 11.3 Å². The van der Waals surface area contributed by atoms with Crippen LogP contribution in [0.5, 0.6) is 5.75 Å². The second-order valence-electron chi connectivity index (χ2n) is 6.35. The Hall–Kier alpha value is -1.79. The van der Waals surface area contributed by atoms with Gasteiger partial charge in [-0.2, -0.15) is 18.4 Å². The third kappa shape index (κ3) is 3.33. The van der Waals surface area contributed by atoms with Gasteiger partial charge in [0.1, 0.15) is 11.8 Å². The minimum absolute atomic E-state index is 0.0500. The van der Waals surface area contributed by atoms with Crippen LogP contribution in [0.1, 0.15) is 37.2 Å². The van der Waals surface area contributed by atoms with Crippen molar-refractivity contribution in [1.29, 1.82) is 5.26 Å². The molecule has 1 N–H and O–H groups in total. The molecule has 0 spiro atoms. The van der Waals surface area contributed by atoms with Gasteiger partial charge in [0.2, 0.25) is 5.82 Å². The van der Waals surface area contributed by atoms with Crippen molar-refractivity contribution in [2.45, 2.75) is 37.6 Å². The molecule has 0 radical (unpaired) electrons. The predicted molar refractivity (Wildman–Crippen MR) is 87.6 cm³/mol. The number of halogens is 4. The lowest BCUT2D eigenvalue weighted by atomic mass is 9.77. The molecule has 1 saturated carbocycles. The zero-order valence-corrected chi connectivity index (χ0v) is 14.9. The van der Waals surface area contributed by atoms with Gasteiger partial charge in [-0.25, -0.2) is 4.98 Å². The molecule has 0 unspecified atom stereocenters. The van der Waals surface area contributed by atoms with Crippen molar-refractivity contribution >= 4 is 27.0 Å². The first-order valence-corrected chi connectivity index (χ1v) is 8.73. The van der Waals surface area contributed by atoms with Gasteiger partial charge < -0.3 is 14.4 Å². The number of rotatable bonds is 4. The first kappa shape index (κ1) is 18.0. The highest BCUT2D eigenvalue weighted by Crippen LogP contribution is 2.46. The summed E-state index contributed by atoms with van der Waals surface area (Å²) in [5.74, 6) is -0.0485. The Bertz CT molecular complexity index is 847. The fourth-order valence-electron chi connectivity index (χ4n) is 3.23. The SMILES string of the molecule is CC1(O)CC(n2c(C#N)nc3cc(OCCBr)cc(C(F)(F)F)c32)C1. The highest BCUT2D eigenvalue weighted by Gasteiger charge is 2.43. The van der Waals surface area contributed by atoms with Crippen molar-refractivity contribution in [3.63, 3.8) is 0 Å². The molecule has 2 aromatic rings. The van der Waals surface area contributed by atoms with Crippen LogP contribution in [0.15, 0.2) is 12.1 Å². The average Bonchev–Trinajstić information content (AvgIpc) is 2.86. The van der Waals surface area contributed by atoms with E-state index >= 15 is 0 Å². The maximum absolute atomic E-state index is 13.6. The third-order valence-electron chi connectivity index (χ3n) is 4.23. The normalized spacial score (nSPS) is 23.3. The van der Waals surface area contributed by atoms with E-state index in [2.05, 4.69) is 20.9 Å². The fraction of sp³-hybridized carbons (Fsp3) is 0.500. The predicted octanol–water partition coefficient (Wildman–Crippen LogP) is 3.79. The molecule has 1 fully saturated rings. The largest absolute Gasteiger partial charge is 0.493 e. The Morgan fingerprint density at radius 1 is 1.48 bits per heavy atom. The smallest absolute Gasteiger partial charge is 0.418 e. The molecule has 1 aromatic carbocycles. The molecule has 1 heterocycles. The summed E-state index contributed by atoms with van der Waals surface area (Å²) in [6.45, 7) is 1.83. The molecular weight excluding hydrogens is 403 g/mol. The summed E-state index contributed by atoms with van der Waals surface area (Å²) in [5.41, 5.74) is -1.92. The lowest BCUT2D eigenvalue weighted by molar-refractivity contribution is -0.136. The number of hydrogen-bond donors (Lipinski definition) is 1. The van der Waals surface area contributed by atoms with Gasteiger partial charge in [-0.3, -0.25) is 0 Å². The van der Waals surface area contributed by atoms with Gasteiger partial charge in [0.15, 0.2) is 0 Å². The van der Waals surface area contributed by atoms with Gasteiger partial charge in [0, 0.05) is 17.4 Å². The zero-order chi connectivity index (χ0) is 18.4. The second-order valence-corrected chi connectivity index (χ2v) is 7.14. The summed E-state index contributed by atoms with van der Waals surface area (Å²) in [6.07, 6.45) is -4.08. The first-order valence-electron chi connectivity index (χ1n) is 7.61. The second kappa shape index (κ2) is 6.18. The van der Waals surface area contributed by atoms with Crippen LogP contribution in [0.3, 0.4) is 0 Å². The molecule has 5 nitrogen and oxygen atoms in total. The van der Waals surface area contributed by atoms with Crippen molar-refractivity contribution in [3.05, 3.63) is 23.5 Å². The van der Waals surface area contributed by atoms with Gasteiger partial charge >= 0.3 is 6.18 Å². The Balaban J connectivity index is 2.20. The van der Waals surface area contributed by atoms with Crippen LogP contribution < -0.4 is 4.74 Å². The molecule has 1 aliphatic carbocycles. The van der Waals surface area contributed by atoms with E-state index in [-0.39, 0.29) is 42.1 Å². The minimum atomic E-state index is -4.62. The maximum atomic E-state index is 13.6. The van der Waals surface area contributed by atoms with Gasteiger partial charge in [0.05, 0.1) is 28.8 Å². The van der Waals surface area contributed by atoms with Crippen molar-refractivity contribution in [1.82, 2.24) is 9.55 Å². The molecule has 25 heavy (non-hydrogen) atoms. The van der Waals surface area contributed by atoms with Crippen molar-refractivity contribution in [3.8, 4) is 11.8 Å². The number of imidazole rings is 1. The molecule has 1 aromatic heterocycles. The number of aliphatic hydroxyl groups is 1. The number of aromatic nitrogens is 2. The third-order valence-corrected chi connectivity index (χ3v) is 4.55. The minimum Gasteiger partial charge on any atom is -0.493 e. The number of hydrogen-bond acceptors (Lipinski definition) is 4. The Kier molecular flexibility index (Phi) is 4.45. The summed E-state index contributed by atoms with van der Waals surface area (Å²) < 4.78 is 47.4. The van der Waals surface area contributed by atoms with Gasteiger partial charge in [-0.1, -0.05) is 15.9 Å². The lowest BCUT2D eigenvalue weighted by Crippen LogP contribution is -2.42. The number of alkyl halides is 4. The first-order chi connectivity index (χ1) is 11.7. The number of nitrogens with zero attached hydrogens (tertiary/aromatic N) is 3. The van der Waals surface area contributed by atoms with Gasteiger partial charge in [-0.15, -0.1) is 0 Å². The lowest BCUT2D eigenvalue weighted by Gasteiger charge is -2.42. The molecule has 3 rings (SSSR count). The number of fused-ring (bicyclic) bond motifs is 1. The molecule has 0 atom stereocenters. The molecule has 1 aliphatic rings. The van der Waals surface area contributed by atoms with Crippen molar-refractivity contribution in [2.24, 2.45) is 0 Å². The van der Waals surface area contributed by atoms with Crippen molar-refractivity contribution < 1.29 is 23.0 Å². The van der Waals surface area contributed by atoms with E-state index in [1.165, 1.54) is 10.6 Å². The number of nitriles is 1. The van der Waals surface area contributed by atoms with Crippen LogP contribution in [0.25, 0.3) is 11.0 Å². The summed E-state index contributed by atoms with van der Waals surface area (Å²) in [7, 11) is 0. The van der Waals surface area contributed by atoms with Gasteiger partial charge in [-0.05, 0) is 25.8 Å². The number of ether oxygens (including phenoxy) is 1. The monoisotopic (exact) mass is 417 g/mol. The van der Waals surface area contributed by atoms with E-state index in [0.29, 0.717) is 5.33 Å². The standard InChI is InChI=1S/C16H15BrF3N3O2/c1-15(24)6-9(7-15)23-13(8-21)22-12-5-10(25-3-2-17)4-11(14(12)23)16(18,19)20/h4-5,9,24H,2-3,6-7H2,1H3. The number of benzene rings is 1. The molecule has 0 bridgehead atoms. The zero-order valence-electron chi connectivity index (χ0n) is 13.3. The summed E-state index contributed by atoms with van der Waals surface area (Å²) >= 11 is 3.15. The summed E-state index contributed by atoms with van der Waals surface area (Å²) in [5, 5.41) is 19.7. The Morgan fingerprint density at radius 3 is 2.68 bits per heavy atom. The van der Waals surface area contributed by atoms with Crippen LogP contribution >= 0.6 is 15.9 Å². The summed E-state index contributed by atoms with van der Waals surface area (Å²) in [4.78, 5) is 4.05. The molecule has 9 heteroatoms. The summed E-state index contributed by atoms with van der Waals surface area (Å²) in [6, 6.07) is 3.80. The topological polar surface area (TPSA) is 71.1 Å².